The lowest BCUT2D eigenvalue weighted by Crippen LogP contribution is -2.51. The van der Waals surface area contributed by atoms with Crippen molar-refractivity contribution in [1.29, 1.82) is 0 Å². The van der Waals surface area contributed by atoms with Crippen molar-refractivity contribution in [2.45, 2.75) is 26.3 Å². The number of hydrogen-bond acceptors (Lipinski definition) is 5. The first-order chi connectivity index (χ1) is 17.9. The first kappa shape index (κ1) is 24.4. The van der Waals surface area contributed by atoms with E-state index in [-0.39, 0.29) is 11.7 Å². The van der Waals surface area contributed by atoms with Crippen molar-refractivity contribution in [2.24, 2.45) is 5.73 Å². The van der Waals surface area contributed by atoms with Gasteiger partial charge in [0.05, 0.1) is 5.69 Å². The van der Waals surface area contributed by atoms with Crippen molar-refractivity contribution < 1.29 is 9.59 Å². The Morgan fingerprint density at radius 1 is 0.946 bits per heavy atom. The summed E-state index contributed by atoms with van der Waals surface area (Å²) < 4.78 is 1.61. The highest BCUT2D eigenvalue weighted by atomic mass is 16.2. The van der Waals surface area contributed by atoms with Gasteiger partial charge in [-0.2, -0.15) is 0 Å². The Bertz CT molecular complexity index is 1410. The van der Waals surface area contributed by atoms with Gasteiger partial charge in [0.25, 0.3) is 11.8 Å². The minimum Gasteiger partial charge on any atom is -0.363 e. The molecule has 1 aliphatic rings. The monoisotopic (exact) mass is 494 g/mol. The third-order valence-corrected chi connectivity index (χ3v) is 6.65. The lowest BCUT2D eigenvalue weighted by molar-refractivity contribution is 0.0709. The number of nitrogens with zero attached hydrogens (tertiary/aromatic N) is 4. The fourth-order valence-corrected chi connectivity index (χ4v) is 4.65. The minimum absolute atomic E-state index is 0.0112. The number of amides is 2. The largest absolute Gasteiger partial charge is 0.363 e. The van der Waals surface area contributed by atoms with Gasteiger partial charge in [-0.1, -0.05) is 48.5 Å². The number of rotatable bonds is 6. The zero-order chi connectivity index (χ0) is 25.9. The van der Waals surface area contributed by atoms with Crippen LogP contribution in [0.25, 0.3) is 16.8 Å². The number of piperazine rings is 1. The molecule has 1 saturated heterocycles. The fourth-order valence-electron chi connectivity index (χ4n) is 4.65. The summed E-state index contributed by atoms with van der Waals surface area (Å²) in [5.74, 6) is 0.0646. The van der Waals surface area contributed by atoms with Crippen molar-refractivity contribution in [3.8, 4) is 16.8 Å². The lowest BCUT2D eigenvalue weighted by atomic mass is 9.99. The average molecular weight is 495 g/mol. The number of aromatic nitrogens is 3. The van der Waals surface area contributed by atoms with Crippen molar-refractivity contribution >= 4 is 11.8 Å². The van der Waals surface area contributed by atoms with Gasteiger partial charge in [-0.25, -0.2) is 9.67 Å². The maximum absolute atomic E-state index is 12.8. The van der Waals surface area contributed by atoms with E-state index in [1.165, 1.54) is 5.56 Å². The Hall–Kier alpha value is -4.30. The number of carbonyl (C=O) groups excluding carboxylic acids is 2. The van der Waals surface area contributed by atoms with Crippen LogP contribution in [0.5, 0.6) is 0 Å². The molecule has 0 bridgehead atoms. The molecule has 8 heteroatoms. The molecule has 3 N–H and O–H groups in total. The molecule has 37 heavy (non-hydrogen) atoms. The molecule has 188 valence electrons. The SMILES string of the molecule is Cc1nc(C(N)=O)nn1-c1ccc(Cc2ccc(-c3ccc(C(=O)N4CCN[C@@H](C)C4)cc3)cc2)cc1. The second kappa shape index (κ2) is 10.4. The molecule has 2 amide bonds. The van der Waals surface area contributed by atoms with E-state index in [0.29, 0.717) is 11.9 Å². The maximum atomic E-state index is 12.8. The summed E-state index contributed by atoms with van der Waals surface area (Å²) in [6.45, 7) is 6.20. The number of nitrogens with two attached hydrogens (primary N) is 1. The highest BCUT2D eigenvalue weighted by Crippen LogP contribution is 2.22. The molecular formula is C29H30N6O2. The molecule has 1 fully saturated rings. The molecule has 3 aromatic carbocycles. The number of benzene rings is 3. The Morgan fingerprint density at radius 3 is 2.11 bits per heavy atom. The van der Waals surface area contributed by atoms with E-state index in [1.54, 1.807) is 11.6 Å². The van der Waals surface area contributed by atoms with Crippen LogP contribution in [-0.2, 0) is 6.42 Å². The minimum atomic E-state index is -0.642. The molecule has 1 aliphatic heterocycles. The third-order valence-electron chi connectivity index (χ3n) is 6.65. The smallest absolute Gasteiger partial charge is 0.288 e. The molecule has 2 heterocycles. The third kappa shape index (κ3) is 5.44. The van der Waals surface area contributed by atoms with Crippen molar-refractivity contribution in [3.63, 3.8) is 0 Å². The molecule has 5 rings (SSSR count). The number of aryl methyl sites for hydroxylation is 1. The fraction of sp³-hybridized carbons (Fsp3) is 0.241. The second-order valence-electron chi connectivity index (χ2n) is 9.48. The van der Waals surface area contributed by atoms with E-state index >= 15 is 0 Å². The van der Waals surface area contributed by atoms with E-state index in [1.807, 2.05) is 53.4 Å². The van der Waals surface area contributed by atoms with Gasteiger partial charge in [0.15, 0.2) is 0 Å². The number of primary amides is 1. The van der Waals surface area contributed by atoms with Crippen LogP contribution in [0.15, 0.2) is 72.8 Å². The summed E-state index contributed by atoms with van der Waals surface area (Å²) in [6.07, 6.45) is 0.792. The van der Waals surface area contributed by atoms with Crippen LogP contribution in [0.2, 0.25) is 0 Å². The lowest BCUT2D eigenvalue weighted by Gasteiger charge is -2.32. The Balaban J connectivity index is 1.23. The molecule has 1 atom stereocenters. The first-order valence-electron chi connectivity index (χ1n) is 12.4. The molecule has 1 aromatic heterocycles. The second-order valence-corrected chi connectivity index (χ2v) is 9.48. The van der Waals surface area contributed by atoms with Crippen LogP contribution in [-0.4, -0.2) is 57.2 Å². The van der Waals surface area contributed by atoms with E-state index in [0.717, 1.165) is 54.0 Å². The molecule has 4 aromatic rings. The highest BCUT2D eigenvalue weighted by Gasteiger charge is 2.21. The summed E-state index contributed by atoms with van der Waals surface area (Å²) in [4.78, 5) is 30.2. The van der Waals surface area contributed by atoms with Gasteiger partial charge in [-0.05, 0) is 66.8 Å². The zero-order valence-electron chi connectivity index (χ0n) is 21.0. The van der Waals surface area contributed by atoms with E-state index in [2.05, 4.69) is 46.6 Å². The number of nitrogens with one attached hydrogen (secondary N) is 1. The number of hydrogen-bond donors (Lipinski definition) is 2. The quantitative estimate of drug-likeness (QED) is 0.428. The normalized spacial score (nSPS) is 15.5. The molecular weight excluding hydrogens is 464 g/mol. The van der Waals surface area contributed by atoms with Gasteiger partial charge in [0.2, 0.25) is 5.82 Å². The van der Waals surface area contributed by atoms with Gasteiger partial charge in [0.1, 0.15) is 5.82 Å². The van der Waals surface area contributed by atoms with Crippen molar-refractivity contribution in [3.05, 3.63) is 101 Å². The number of carbonyl (C=O) groups is 2. The summed E-state index contributed by atoms with van der Waals surface area (Å²) in [5.41, 5.74) is 11.4. The Morgan fingerprint density at radius 2 is 1.54 bits per heavy atom. The van der Waals surface area contributed by atoms with Crippen LogP contribution in [0, 0.1) is 6.92 Å². The van der Waals surface area contributed by atoms with E-state index in [4.69, 9.17) is 5.73 Å². The Labute approximate surface area is 216 Å². The van der Waals surface area contributed by atoms with E-state index < -0.39 is 5.91 Å². The zero-order valence-corrected chi connectivity index (χ0v) is 21.0. The van der Waals surface area contributed by atoms with Gasteiger partial charge in [-0.15, -0.1) is 5.10 Å². The highest BCUT2D eigenvalue weighted by molar-refractivity contribution is 5.94. The molecule has 0 unspecified atom stereocenters. The van der Waals surface area contributed by atoms with Gasteiger partial charge >= 0.3 is 0 Å². The van der Waals surface area contributed by atoms with Gasteiger partial charge < -0.3 is 16.0 Å². The topological polar surface area (TPSA) is 106 Å². The predicted molar refractivity (Wildman–Crippen MR) is 143 cm³/mol. The molecule has 0 aliphatic carbocycles. The van der Waals surface area contributed by atoms with Crippen LogP contribution in [0.4, 0.5) is 0 Å². The van der Waals surface area contributed by atoms with Crippen molar-refractivity contribution in [1.82, 2.24) is 25.0 Å². The Kier molecular flexibility index (Phi) is 6.83. The van der Waals surface area contributed by atoms with Crippen LogP contribution in [0.1, 0.15) is 44.9 Å². The average Bonchev–Trinajstić information content (AvgIpc) is 3.31. The summed E-state index contributed by atoms with van der Waals surface area (Å²) >= 11 is 0. The standard InChI is InChI=1S/C29H30N6O2/c1-19-18-34(16-15-31-19)29(37)25-11-9-24(10-12-25)23-7-3-21(4-8-23)17-22-5-13-26(14-6-22)35-20(2)32-28(33-35)27(30)36/h3-14,19,31H,15-18H2,1-2H3,(H2,30,36)/t19-/m0/s1. The summed E-state index contributed by atoms with van der Waals surface area (Å²) in [6, 6.07) is 24.7. The van der Waals surface area contributed by atoms with Gasteiger partial charge in [-0.3, -0.25) is 9.59 Å². The van der Waals surface area contributed by atoms with Crippen LogP contribution >= 0.6 is 0 Å². The molecule has 8 nitrogen and oxygen atoms in total. The van der Waals surface area contributed by atoms with Crippen LogP contribution < -0.4 is 11.1 Å². The maximum Gasteiger partial charge on any atom is 0.288 e. The van der Waals surface area contributed by atoms with Crippen LogP contribution in [0.3, 0.4) is 0 Å². The van der Waals surface area contributed by atoms with E-state index in [9.17, 15) is 9.59 Å². The predicted octanol–water partition coefficient (Wildman–Crippen LogP) is 3.37. The summed E-state index contributed by atoms with van der Waals surface area (Å²) in [7, 11) is 0. The molecule has 0 spiro atoms. The molecule has 0 saturated carbocycles. The van der Waals surface area contributed by atoms with Crippen molar-refractivity contribution in [2.75, 3.05) is 19.6 Å². The molecule has 0 radical (unpaired) electrons. The summed E-state index contributed by atoms with van der Waals surface area (Å²) in [5, 5.41) is 7.55. The first-order valence-corrected chi connectivity index (χ1v) is 12.4. The van der Waals surface area contributed by atoms with Gasteiger partial charge in [0, 0.05) is 31.2 Å².